The first kappa shape index (κ1) is 19.0. The molecule has 0 saturated heterocycles. The summed E-state index contributed by atoms with van der Waals surface area (Å²) in [5.41, 5.74) is 0.0865. The normalized spacial score (nSPS) is 16.4. The Morgan fingerprint density at radius 2 is 2.12 bits per heavy atom. The minimum absolute atomic E-state index is 0.0213. The van der Waals surface area contributed by atoms with E-state index >= 15 is 0 Å². The summed E-state index contributed by atoms with van der Waals surface area (Å²) in [7, 11) is 1.39. The minimum atomic E-state index is -0.609. The first-order chi connectivity index (χ1) is 12.4. The van der Waals surface area contributed by atoms with Crippen LogP contribution in [0.15, 0.2) is 29.5 Å². The molecule has 0 spiro atoms. The monoisotopic (exact) mass is 365 g/mol. The minimum Gasteiger partial charge on any atom is -0.496 e. The summed E-state index contributed by atoms with van der Waals surface area (Å²) in [5.74, 6) is -0.318. The zero-order valence-electron chi connectivity index (χ0n) is 14.5. The molecule has 1 aromatic carbocycles. The summed E-state index contributed by atoms with van der Waals surface area (Å²) >= 11 is 0. The number of nitrogens with zero attached hydrogens (tertiary/aromatic N) is 1. The maximum absolute atomic E-state index is 12.1. The van der Waals surface area contributed by atoms with Gasteiger partial charge in [-0.25, -0.2) is 9.59 Å². The lowest BCUT2D eigenvalue weighted by Crippen LogP contribution is -2.50. The van der Waals surface area contributed by atoms with Crippen molar-refractivity contribution in [1.82, 2.24) is 10.6 Å². The number of nitro groups is 1. The standard InChI is InChI=1S/C16H19N3O7/c1-4-25-15(20)14-9(2)17-16(21)18-11(14)8-26-13-6-5-10(24-3)7-12(13)19(22)23/h5-7,9H,4,8H2,1-3H3,(H2,17,18,21). The van der Waals surface area contributed by atoms with Gasteiger partial charge in [-0.3, -0.25) is 10.1 Å². The van der Waals surface area contributed by atoms with E-state index in [9.17, 15) is 19.7 Å². The summed E-state index contributed by atoms with van der Waals surface area (Å²) < 4.78 is 15.4. The number of carbonyl (C=O) groups excluding carboxylic acids is 2. The Labute approximate surface area is 149 Å². The fraction of sp³-hybridized carbons (Fsp3) is 0.375. The smallest absolute Gasteiger partial charge is 0.338 e. The summed E-state index contributed by atoms with van der Waals surface area (Å²) in [5, 5.41) is 16.2. The van der Waals surface area contributed by atoms with Crippen LogP contribution in [-0.4, -0.2) is 43.3 Å². The number of hydrogen-bond donors (Lipinski definition) is 2. The highest BCUT2D eigenvalue weighted by atomic mass is 16.6. The van der Waals surface area contributed by atoms with E-state index in [0.717, 1.165) is 0 Å². The first-order valence-electron chi connectivity index (χ1n) is 7.80. The average Bonchev–Trinajstić information content (AvgIpc) is 2.59. The number of urea groups is 1. The topological polar surface area (TPSA) is 129 Å². The lowest BCUT2D eigenvalue weighted by atomic mass is 10.0. The highest BCUT2D eigenvalue weighted by molar-refractivity contribution is 5.94. The van der Waals surface area contributed by atoms with Crippen LogP contribution in [0.5, 0.6) is 11.5 Å². The van der Waals surface area contributed by atoms with Gasteiger partial charge in [0.05, 0.1) is 42.0 Å². The zero-order valence-corrected chi connectivity index (χ0v) is 14.5. The summed E-state index contributed by atoms with van der Waals surface area (Å²) in [4.78, 5) is 34.4. The van der Waals surface area contributed by atoms with Crippen molar-refractivity contribution in [2.24, 2.45) is 0 Å². The van der Waals surface area contributed by atoms with Crippen molar-refractivity contribution in [1.29, 1.82) is 0 Å². The number of rotatable bonds is 7. The number of benzene rings is 1. The van der Waals surface area contributed by atoms with Crippen molar-refractivity contribution in [2.75, 3.05) is 20.3 Å². The second kappa shape index (κ2) is 8.19. The van der Waals surface area contributed by atoms with Gasteiger partial charge in [0.2, 0.25) is 0 Å². The fourth-order valence-corrected chi connectivity index (χ4v) is 2.43. The molecule has 1 aliphatic rings. The molecule has 0 aliphatic carbocycles. The molecule has 10 heteroatoms. The third-order valence-corrected chi connectivity index (χ3v) is 3.60. The van der Waals surface area contributed by atoms with E-state index in [1.165, 1.54) is 25.3 Å². The molecule has 0 fully saturated rings. The maximum Gasteiger partial charge on any atom is 0.338 e. The van der Waals surface area contributed by atoms with Crippen LogP contribution >= 0.6 is 0 Å². The van der Waals surface area contributed by atoms with E-state index in [0.29, 0.717) is 5.75 Å². The molecule has 2 amide bonds. The summed E-state index contributed by atoms with van der Waals surface area (Å²) in [6.07, 6.45) is 0. The lowest BCUT2D eigenvalue weighted by Gasteiger charge is -2.26. The van der Waals surface area contributed by atoms with Crippen LogP contribution in [0.3, 0.4) is 0 Å². The van der Waals surface area contributed by atoms with Gasteiger partial charge in [-0.2, -0.15) is 0 Å². The van der Waals surface area contributed by atoms with Crippen molar-refractivity contribution in [3.8, 4) is 11.5 Å². The number of methoxy groups -OCH3 is 1. The first-order valence-corrected chi connectivity index (χ1v) is 7.80. The number of nitrogens with one attached hydrogen (secondary N) is 2. The van der Waals surface area contributed by atoms with Gasteiger partial charge in [-0.1, -0.05) is 0 Å². The van der Waals surface area contributed by atoms with Gasteiger partial charge in [0.1, 0.15) is 12.4 Å². The Bertz CT molecular complexity index is 760. The van der Waals surface area contributed by atoms with E-state index in [-0.39, 0.29) is 35.9 Å². The van der Waals surface area contributed by atoms with Crippen molar-refractivity contribution in [2.45, 2.75) is 19.9 Å². The molecule has 1 unspecified atom stereocenters. The second-order valence-electron chi connectivity index (χ2n) is 5.31. The fourth-order valence-electron chi connectivity index (χ4n) is 2.43. The molecule has 10 nitrogen and oxygen atoms in total. The Morgan fingerprint density at radius 3 is 2.73 bits per heavy atom. The van der Waals surface area contributed by atoms with E-state index in [1.807, 2.05) is 0 Å². The van der Waals surface area contributed by atoms with Crippen LogP contribution in [0.25, 0.3) is 0 Å². The number of carbonyl (C=O) groups is 2. The molecule has 2 rings (SSSR count). The number of amides is 2. The quantitative estimate of drug-likeness (QED) is 0.425. The van der Waals surface area contributed by atoms with Crippen LogP contribution in [0.2, 0.25) is 0 Å². The van der Waals surface area contributed by atoms with Gasteiger partial charge in [-0.05, 0) is 26.0 Å². The van der Waals surface area contributed by atoms with Gasteiger partial charge in [-0.15, -0.1) is 0 Å². The van der Waals surface area contributed by atoms with E-state index in [1.54, 1.807) is 13.8 Å². The molecule has 26 heavy (non-hydrogen) atoms. The molecule has 1 heterocycles. The van der Waals surface area contributed by atoms with Crippen LogP contribution in [0.1, 0.15) is 13.8 Å². The molecule has 0 radical (unpaired) electrons. The van der Waals surface area contributed by atoms with Gasteiger partial charge in [0.25, 0.3) is 0 Å². The molecular formula is C16H19N3O7. The van der Waals surface area contributed by atoms with Crippen molar-refractivity contribution < 1.29 is 28.7 Å². The second-order valence-corrected chi connectivity index (χ2v) is 5.31. The third-order valence-electron chi connectivity index (χ3n) is 3.60. The number of ether oxygens (including phenoxy) is 3. The zero-order chi connectivity index (χ0) is 19.3. The van der Waals surface area contributed by atoms with Gasteiger partial charge in [0.15, 0.2) is 5.75 Å². The Morgan fingerprint density at radius 1 is 1.38 bits per heavy atom. The van der Waals surface area contributed by atoms with Crippen molar-refractivity contribution in [3.05, 3.63) is 39.6 Å². The largest absolute Gasteiger partial charge is 0.496 e. The molecule has 1 aliphatic heterocycles. The van der Waals surface area contributed by atoms with Crippen molar-refractivity contribution >= 4 is 17.7 Å². The van der Waals surface area contributed by atoms with E-state index in [4.69, 9.17) is 14.2 Å². The molecule has 0 aromatic heterocycles. The molecule has 1 aromatic rings. The predicted octanol–water partition coefficient (Wildman–Crippen LogP) is 1.50. The SMILES string of the molecule is CCOC(=O)C1=C(COc2ccc(OC)cc2[N+](=O)[O-])NC(=O)NC1C. The number of nitro benzene ring substituents is 1. The Kier molecular flexibility index (Phi) is 5.99. The molecule has 2 N–H and O–H groups in total. The number of hydrogen-bond acceptors (Lipinski definition) is 7. The van der Waals surface area contributed by atoms with Crippen LogP contribution < -0.4 is 20.1 Å². The highest BCUT2D eigenvalue weighted by Gasteiger charge is 2.30. The van der Waals surface area contributed by atoms with Gasteiger partial charge < -0.3 is 24.8 Å². The predicted molar refractivity (Wildman–Crippen MR) is 89.9 cm³/mol. The van der Waals surface area contributed by atoms with Crippen LogP contribution in [0.4, 0.5) is 10.5 Å². The molecular weight excluding hydrogens is 346 g/mol. The molecule has 0 saturated carbocycles. The summed E-state index contributed by atoms with van der Waals surface area (Å²) in [6.45, 7) is 3.20. The van der Waals surface area contributed by atoms with Gasteiger partial charge in [0, 0.05) is 0 Å². The Balaban J connectivity index is 2.30. The maximum atomic E-state index is 12.1. The molecule has 140 valence electrons. The molecule has 1 atom stereocenters. The van der Waals surface area contributed by atoms with Crippen LogP contribution in [-0.2, 0) is 9.53 Å². The van der Waals surface area contributed by atoms with Crippen LogP contribution in [0, 0.1) is 10.1 Å². The highest BCUT2D eigenvalue weighted by Crippen LogP contribution is 2.31. The summed E-state index contributed by atoms with van der Waals surface area (Å²) in [6, 6.07) is 3.01. The number of esters is 1. The third kappa shape index (κ3) is 4.21. The van der Waals surface area contributed by atoms with Gasteiger partial charge >= 0.3 is 17.7 Å². The van der Waals surface area contributed by atoms with E-state index < -0.39 is 23.0 Å². The van der Waals surface area contributed by atoms with Crippen molar-refractivity contribution in [3.63, 3.8) is 0 Å². The molecule has 0 bridgehead atoms. The average molecular weight is 365 g/mol. The Hall–Kier alpha value is -3.30. The van der Waals surface area contributed by atoms with E-state index in [2.05, 4.69) is 10.6 Å². The lowest BCUT2D eigenvalue weighted by molar-refractivity contribution is -0.385.